The SMILES string of the molecule is CC(C)(C)OC(=O)NCc1ccccc1Cn1nnc2c(-c3ccco3)nc(N)nc21. The van der Waals surface area contributed by atoms with Gasteiger partial charge < -0.3 is 20.2 Å². The monoisotopic (exact) mass is 421 g/mol. The van der Waals surface area contributed by atoms with E-state index in [1.165, 1.54) is 0 Å². The number of aromatic nitrogens is 5. The van der Waals surface area contributed by atoms with Crippen LogP contribution in [0.5, 0.6) is 0 Å². The lowest BCUT2D eigenvalue weighted by Gasteiger charge is -2.20. The molecular formula is C21H23N7O3. The molecule has 10 nitrogen and oxygen atoms in total. The minimum atomic E-state index is -0.561. The van der Waals surface area contributed by atoms with Gasteiger partial charge in [0.2, 0.25) is 5.95 Å². The number of benzene rings is 1. The first kappa shape index (κ1) is 20.3. The van der Waals surface area contributed by atoms with E-state index < -0.39 is 11.7 Å². The van der Waals surface area contributed by atoms with Crippen LogP contribution in [0.2, 0.25) is 0 Å². The Morgan fingerprint density at radius 2 is 1.94 bits per heavy atom. The number of nitrogen functional groups attached to an aromatic ring is 1. The largest absolute Gasteiger partial charge is 0.463 e. The molecule has 0 spiro atoms. The molecule has 0 saturated heterocycles. The molecule has 0 radical (unpaired) electrons. The number of ether oxygens (including phenoxy) is 1. The molecular weight excluding hydrogens is 398 g/mol. The number of nitrogens with zero attached hydrogens (tertiary/aromatic N) is 5. The third-order valence-electron chi connectivity index (χ3n) is 4.40. The molecule has 0 aliphatic heterocycles. The fourth-order valence-corrected chi connectivity index (χ4v) is 3.09. The van der Waals surface area contributed by atoms with E-state index in [0.29, 0.717) is 35.7 Å². The predicted molar refractivity (Wildman–Crippen MR) is 114 cm³/mol. The smallest absolute Gasteiger partial charge is 0.407 e. The Bertz CT molecular complexity index is 1210. The molecule has 3 N–H and O–H groups in total. The summed E-state index contributed by atoms with van der Waals surface area (Å²) >= 11 is 0. The van der Waals surface area contributed by atoms with Gasteiger partial charge in [0, 0.05) is 6.54 Å². The van der Waals surface area contributed by atoms with Gasteiger partial charge in [0.15, 0.2) is 16.9 Å². The van der Waals surface area contributed by atoms with E-state index in [-0.39, 0.29) is 5.95 Å². The molecule has 3 heterocycles. The molecule has 0 fully saturated rings. The number of carbonyl (C=O) groups is 1. The highest BCUT2D eigenvalue weighted by atomic mass is 16.6. The number of rotatable bonds is 5. The zero-order valence-corrected chi connectivity index (χ0v) is 17.5. The summed E-state index contributed by atoms with van der Waals surface area (Å²) in [5.74, 6) is 0.635. The van der Waals surface area contributed by atoms with E-state index in [4.69, 9.17) is 14.9 Å². The van der Waals surface area contributed by atoms with Crippen molar-refractivity contribution in [3.05, 3.63) is 53.8 Å². The average Bonchev–Trinajstić information content (AvgIpc) is 3.36. The Labute approximate surface area is 178 Å². The summed E-state index contributed by atoms with van der Waals surface area (Å²) in [5, 5.41) is 11.3. The van der Waals surface area contributed by atoms with Gasteiger partial charge in [0.25, 0.3) is 0 Å². The lowest BCUT2D eigenvalue weighted by Crippen LogP contribution is -2.32. The van der Waals surface area contributed by atoms with Crippen LogP contribution >= 0.6 is 0 Å². The van der Waals surface area contributed by atoms with E-state index in [1.807, 2.05) is 45.0 Å². The molecule has 0 bridgehead atoms. The molecule has 0 unspecified atom stereocenters. The van der Waals surface area contributed by atoms with Gasteiger partial charge in [-0.3, -0.25) is 0 Å². The number of amides is 1. The van der Waals surface area contributed by atoms with Crippen molar-refractivity contribution < 1.29 is 13.9 Å². The van der Waals surface area contributed by atoms with Crippen LogP contribution in [0.15, 0.2) is 47.1 Å². The van der Waals surface area contributed by atoms with Crippen LogP contribution in [-0.2, 0) is 17.8 Å². The van der Waals surface area contributed by atoms with E-state index in [0.717, 1.165) is 11.1 Å². The highest BCUT2D eigenvalue weighted by molar-refractivity contribution is 5.85. The quantitative estimate of drug-likeness (QED) is 0.502. The standard InChI is InChI=1S/C21H23N7O3/c1-21(2,3)31-20(29)23-11-13-7-4-5-8-14(13)12-28-18-17(26-27-28)16(24-19(22)25-18)15-9-6-10-30-15/h4-10H,11-12H2,1-3H3,(H,23,29)(H2,22,24,25). The number of fused-ring (bicyclic) bond motifs is 1. The first-order valence-electron chi connectivity index (χ1n) is 9.74. The minimum absolute atomic E-state index is 0.0994. The molecule has 1 aromatic carbocycles. The van der Waals surface area contributed by atoms with Crippen LogP contribution in [0, 0.1) is 0 Å². The maximum Gasteiger partial charge on any atom is 0.407 e. The van der Waals surface area contributed by atoms with Crippen molar-refractivity contribution in [3.63, 3.8) is 0 Å². The second-order valence-electron chi connectivity index (χ2n) is 7.95. The van der Waals surface area contributed by atoms with Gasteiger partial charge in [-0.15, -0.1) is 5.10 Å². The topological polar surface area (TPSA) is 134 Å². The summed E-state index contributed by atoms with van der Waals surface area (Å²) in [6.45, 7) is 6.16. The lowest BCUT2D eigenvalue weighted by atomic mass is 10.1. The molecule has 4 aromatic rings. The van der Waals surface area contributed by atoms with Gasteiger partial charge in [-0.05, 0) is 44.0 Å². The number of hydrogen-bond donors (Lipinski definition) is 2. The van der Waals surface area contributed by atoms with Crippen molar-refractivity contribution in [1.29, 1.82) is 0 Å². The van der Waals surface area contributed by atoms with Gasteiger partial charge in [-0.2, -0.15) is 4.98 Å². The van der Waals surface area contributed by atoms with Gasteiger partial charge >= 0.3 is 6.09 Å². The zero-order chi connectivity index (χ0) is 22.0. The fraction of sp³-hybridized carbons (Fsp3) is 0.286. The molecule has 0 saturated carbocycles. The zero-order valence-electron chi connectivity index (χ0n) is 17.5. The summed E-state index contributed by atoms with van der Waals surface area (Å²) in [6.07, 6.45) is 1.08. The molecule has 3 aromatic heterocycles. The Morgan fingerprint density at radius 1 is 1.16 bits per heavy atom. The van der Waals surface area contributed by atoms with E-state index in [9.17, 15) is 4.79 Å². The van der Waals surface area contributed by atoms with Crippen LogP contribution in [0.3, 0.4) is 0 Å². The molecule has 31 heavy (non-hydrogen) atoms. The number of nitrogens with two attached hydrogens (primary N) is 1. The summed E-state index contributed by atoms with van der Waals surface area (Å²) in [6, 6.07) is 11.3. The molecule has 4 rings (SSSR count). The third-order valence-corrected chi connectivity index (χ3v) is 4.40. The third kappa shape index (κ3) is 4.63. The Kier molecular flexibility index (Phi) is 5.28. The predicted octanol–water partition coefficient (Wildman–Crippen LogP) is 3.14. The van der Waals surface area contributed by atoms with Crippen molar-refractivity contribution in [2.24, 2.45) is 0 Å². The number of carbonyl (C=O) groups excluding carboxylic acids is 1. The lowest BCUT2D eigenvalue weighted by molar-refractivity contribution is 0.0523. The molecule has 0 aliphatic rings. The number of hydrogen-bond acceptors (Lipinski definition) is 8. The summed E-state index contributed by atoms with van der Waals surface area (Å²) in [4.78, 5) is 20.6. The fourth-order valence-electron chi connectivity index (χ4n) is 3.09. The highest BCUT2D eigenvalue weighted by Crippen LogP contribution is 2.26. The normalized spacial score (nSPS) is 11.6. The number of nitrogens with one attached hydrogen (secondary N) is 1. The van der Waals surface area contributed by atoms with Crippen LogP contribution in [0.4, 0.5) is 10.7 Å². The van der Waals surface area contributed by atoms with Gasteiger partial charge in [0.1, 0.15) is 11.3 Å². The molecule has 10 heteroatoms. The highest BCUT2D eigenvalue weighted by Gasteiger charge is 2.19. The van der Waals surface area contributed by atoms with Crippen molar-refractivity contribution in [2.75, 3.05) is 5.73 Å². The van der Waals surface area contributed by atoms with Crippen LogP contribution in [0.25, 0.3) is 22.6 Å². The first-order chi connectivity index (χ1) is 14.8. The molecule has 0 atom stereocenters. The summed E-state index contributed by atoms with van der Waals surface area (Å²) < 4.78 is 12.4. The van der Waals surface area contributed by atoms with E-state index >= 15 is 0 Å². The Morgan fingerprint density at radius 3 is 2.65 bits per heavy atom. The maximum atomic E-state index is 12.0. The van der Waals surface area contributed by atoms with Crippen molar-refractivity contribution in [1.82, 2.24) is 30.3 Å². The van der Waals surface area contributed by atoms with Crippen LogP contribution < -0.4 is 11.1 Å². The van der Waals surface area contributed by atoms with E-state index in [1.54, 1.807) is 23.1 Å². The van der Waals surface area contributed by atoms with Gasteiger partial charge in [-0.1, -0.05) is 29.5 Å². The Balaban J connectivity index is 1.60. The van der Waals surface area contributed by atoms with Gasteiger partial charge in [-0.25, -0.2) is 14.5 Å². The summed E-state index contributed by atoms with van der Waals surface area (Å²) in [7, 11) is 0. The molecule has 0 aliphatic carbocycles. The van der Waals surface area contributed by atoms with Crippen molar-refractivity contribution in [3.8, 4) is 11.5 Å². The summed E-state index contributed by atoms with van der Waals surface area (Å²) in [5.41, 5.74) is 8.70. The van der Waals surface area contributed by atoms with Gasteiger partial charge in [0.05, 0.1) is 12.8 Å². The number of alkyl carbamates (subject to hydrolysis) is 1. The van der Waals surface area contributed by atoms with Crippen molar-refractivity contribution in [2.45, 2.75) is 39.5 Å². The second kappa shape index (κ2) is 8.05. The van der Waals surface area contributed by atoms with Crippen LogP contribution in [-0.4, -0.2) is 36.7 Å². The minimum Gasteiger partial charge on any atom is -0.463 e. The number of anilines is 1. The average molecular weight is 421 g/mol. The second-order valence-corrected chi connectivity index (χ2v) is 7.95. The maximum absolute atomic E-state index is 12.0. The molecule has 160 valence electrons. The number of furan rings is 1. The van der Waals surface area contributed by atoms with Crippen LogP contribution in [0.1, 0.15) is 31.9 Å². The first-order valence-corrected chi connectivity index (χ1v) is 9.74. The molecule has 1 amide bonds. The van der Waals surface area contributed by atoms with E-state index in [2.05, 4.69) is 25.6 Å². The van der Waals surface area contributed by atoms with Crippen molar-refractivity contribution >= 4 is 23.2 Å². The Hall–Kier alpha value is -3.95.